The van der Waals surface area contributed by atoms with Gasteiger partial charge in [0.25, 0.3) is 0 Å². The molecule has 0 aromatic heterocycles. The molecule has 108 valence electrons. The van der Waals surface area contributed by atoms with Gasteiger partial charge in [-0.2, -0.15) is 9.57 Å². The summed E-state index contributed by atoms with van der Waals surface area (Å²) in [6.45, 7) is 1.09. The highest BCUT2D eigenvalue weighted by atomic mass is 35.5. The molecule has 0 aliphatic carbocycles. The van der Waals surface area contributed by atoms with Crippen LogP contribution in [0, 0.1) is 11.3 Å². The molecule has 1 aliphatic rings. The van der Waals surface area contributed by atoms with Crippen molar-refractivity contribution in [2.75, 3.05) is 20.1 Å². The summed E-state index contributed by atoms with van der Waals surface area (Å²) in [4.78, 5) is 0.0150. The van der Waals surface area contributed by atoms with E-state index in [9.17, 15) is 8.42 Å². The largest absolute Gasteiger partial charge is 0.318 e. The predicted octanol–water partition coefficient (Wildman–Crippen LogP) is 1.58. The molecule has 0 saturated carbocycles. The molecule has 0 amide bonds. The number of benzene rings is 1. The molecule has 5 nitrogen and oxygen atoms in total. The fraction of sp³-hybridized carbons (Fsp3) is 0.462. The molecule has 20 heavy (non-hydrogen) atoms. The van der Waals surface area contributed by atoms with Crippen molar-refractivity contribution in [2.24, 2.45) is 0 Å². The molecule has 1 heterocycles. The van der Waals surface area contributed by atoms with Gasteiger partial charge in [-0.05, 0) is 38.1 Å². The van der Waals surface area contributed by atoms with Crippen LogP contribution < -0.4 is 5.32 Å². The lowest BCUT2D eigenvalue weighted by atomic mass is 10.2. The number of hydrogen-bond donors (Lipinski definition) is 1. The summed E-state index contributed by atoms with van der Waals surface area (Å²) in [7, 11) is -1.87. The molecular formula is C13H16ClN3O2S. The van der Waals surface area contributed by atoms with Crippen molar-refractivity contribution in [1.29, 1.82) is 5.26 Å². The summed E-state index contributed by atoms with van der Waals surface area (Å²) in [6, 6.07) is 6.18. The number of likely N-dealkylation sites (N-methyl/N-ethyl adjacent to an activating group) is 1. The van der Waals surface area contributed by atoms with Crippen LogP contribution in [-0.4, -0.2) is 38.9 Å². The van der Waals surface area contributed by atoms with Crippen LogP contribution in [0.15, 0.2) is 23.1 Å². The van der Waals surface area contributed by atoms with Crippen LogP contribution in [0.5, 0.6) is 0 Å². The molecule has 1 fully saturated rings. The Morgan fingerprint density at radius 1 is 1.55 bits per heavy atom. The van der Waals surface area contributed by atoms with Gasteiger partial charge in [0, 0.05) is 19.1 Å². The topological polar surface area (TPSA) is 73.2 Å². The van der Waals surface area contributed by atoms with E-state index in [0.29, 0.717) is 13.1 Å². The van der Waals surface area contributed by atoms with Crippen molar-refractivity contribution in [3.63, 3.8) is 0 Å². The van der Waals surface area contributed by atoms with Gasteiger partial charge < -0.3 is 5.32 Å². The quantitative estimate of drug-likeness (QED) is 0.916. The van der Waals surface area contributed by atoms with Crippen molar-refractivity contribution < 1.29 is 8.42 Å². The first-order chi connectivity index (χ1) is 9.50. The van der Waals surface area contributed by atoms with Crippen LogP contribution in [-0.2, 0) is 10.0 Å². The normalized spacial score (nSPS) is 19.9. The molecule has 1 saturated heterocycles. The lowest BCUT2D eigenvalue weighted by Gasteiger charge is -2.24. The van der Waals surface area contributed by atoms with E-state index in [0.717, 1.165) is 12.8 Å². The van der Waals surface area contributed by atoms with Gasteiger partial charge in [0.15, 0.2) is 0 Å². The van der Waals surface area contributed by atoms with Gasteiger partial charge in [-0.3, -0.25) is 0 Å². The molecule has 0 spiro atoms. The Balaban J connectivity index is 2.42. The van der Waals surface area contributed by atoms with Gasteiger partial charge in [0.1, 0.15) is 4.90 Å². The maximum atomic E-state index is 12.7. The minimum atomic E-state index is -3.66. The molecule has 0 radical (unpaired) electrons. The number of nitrogens with one attached hydrogen (secondary N) is 1. The van der Waals surface area contributed by atoms with Crippen LogP contribution >= 0.6 is 11.6 Å². The SMILES string of the molecule is CNCC1CCCN1S(=O)(=O)c1cc(C#N)ccc1Cl. The fourth-order valence-electron chi connectivity index (χ4n) is 2.46. The number of nitrogens with zero attached hydrogens (tertiary/aromatic N) is 2. The molecule has 1 N–H and O–H groups in total. The molecule has 1 atom stereocenters. The lowest BCUT2D eigenvalue weighted by Crippen LogP contribution is -2.40. The molecule has 7 heteroatoms. The first-order valence-corrected chi connectivity index (χ1v) is 8.18. The zero-order valence-electron chi connectivity index (χ0n) is 11.1. The van der Waals surface area contributed by atoms with E-state index in [2.05, 4.69) is 5.32 Å². The van der Waals surface area contributed by atoms with Crippen molar-refractivity contribution >= 4 is 21.6 Å². The van der Waals surface area contributed by atoms with Crippen molar-refractivity contribution in [3.8, 4) is 6.07 Å². The van der Waals surface area contributed by atoms with E-state index in [1.807, 2.05) is 6.07 Å². The van der Waals surface area contributed by atoms with Gasteiger partial charge in [-0.1, -0.05) is 11.6 Å². The number of halogens is 1. The molecule has 1 aromatic carbocycles. The van der Waals surface area contributed by atoms with E-state index >= 15 is 0 Å². The van der Waals surface area contributed by atoms with E-state index < -0.39 is 10.0 Å². The maximum absolute atomic E-state index is 12.7. The van der Waals surface area contributed by atoms with Gasteiger partial charge >= 0.3 is 0 Å². The summed E-state index contributed by atoms with van der Waals surface area (Å²) in [5.41, 5.74) is 0.289. The average molecular weight is 314 g/mol. The highest BCUT2D eigenvalue weighted by molar-refractivity contribution is 7.89. The standard InChI is InChI=1S/C13H16ClN3O2S/c1-16-9-11-3-2-6-17(11)20(18,19)13-7-10(8-15)4-5-12(13)14/h4-5,7,11,16H,2-3,6,9H2,1H3. The summed E-state index contributed by atoms with van der Waals surface area (Å²) >= 11 is 6.01. The Kier molecular flexibility index (Phi) is 4.66. The minimum absolute atomic E-state index is 0.0150. The van der Waals surface area contributed by atoms with Gasteiger partial charge in [-0.15, -0.1) is 0 Å². The second-order valence-electron chi connectivity index (χ2n) is 4.73. The smallest absolute Gasteiger partial charge is 0.244 e. The number of sulfonamides is 1. The monoisotopic (exact) mass is 313 g/mol. The van der Waals surface area contributed by atoms with Crippen LogP contribution in [0.1, 0.15) is 18.4 Å². The molecule has 1 unspecified atom stereocenters. The van der Waals surface area contributed by atoms with Gasteiger partial charge in [0.05, 0.1) is 16.7 Å². The first-order valence-electron chi connectivity index (χ1n) is 6.37. The number of hydrogen-bond acceptors (Lipinski definition) is 4. The Morgan fingerprint density at radius 2 is 2.30 bits per heavy atom. The van der Waals surface area contributed by atoms with Crippen molar-refractivity contribution in [2.45, 2.75) is 23.8 Å². The van der Waals surface area contributed by atoms with Crippen LogP contribution in [0.3, 0.4) is 0 Å². The second kappa shape index (κ2) is 6.10. The fourth-order valence-corrected chi connectivity index (χ4v) is 4.66. The van der Waals surface area contributed by atoms with E-state index in [1.165, 1.54) is 22.5 Å². The van der Waals surface area contributed by atoms with E-state index in [-0.39, 0.29) is 21.5 Å². The molecular weight excluding hydrogens is 298 g/mol. The summed E-state index contributed by atoms with van der Waals surface area (Å²) < 4.78 is 26.9. The maximum Gasteiger partial charge on any atom is 0.244 e. The second-order valence-corrected chi connectivity index (χ2v) is 6.99. The third-order valence-corrected chi connectivity index (χ3v) is 5.84. The lowest BCUT2D eigenvalue weighted by molar-refractivity contribution is 0.379. The zero-order valence-corrected chi connectivity index (χ0v) is 12.7. The van der Waals surface area contributed by atoms with Gasteiger partial charge in [-0.25, -0.2) is 8.42 Å². The zero-order chi connectivity index (χ0) is 14.8. The molecule has 0 bridgehead atoms. The first kappa shape index (κ1) is 15.3. The Bertz CT molecular complexity index is 640. The molecule has 1 aromatic rings. The number of rotatable bonds is 4. The van der Waals surface area contributed by atoms with Crippen molar-refractivity contribution in [1.82, 2.24) is 9.62 Å². The Morgan fingerprint density at radius 3 is 2.95 bits per heavy atom. The van der Waals surface area contributed by atoms with Gasteiger partial charge in [0.2, 0.25) is 10.0 Å². The Labute approximate surface area is 124 Å². The third kappa shape index (κ3) is 2.81. The van der Waals surface area contributed by atoms with E-state index in [4.69, 9.17) is 16.9 Å². The predicted molar refractivity (Wildman–Crippen MR) is 77.0 cm³/mol. The average Bonchev–Trinajstić information content (AvgIpc) is 2.88. The summed E-state index contributed by atoms with van der Waals surface area (Å²) in [5.74, 6) is 0. The van der Waals surface area contributed by atoms with Crippen LogP contribution in [0.25, 0.3) is 0 Å². The summed E-state index contributed by atoms with van der Waals surface area (Å²) in [6.07, 6.45) is 1.66. The molecule has 2 rings (SSSR count). The minimum Gasteiger partial charge on any atom is -0.318 e. The van der Waals surface area contributed by atoms with E-state index in [1.54, 1.807) is 7.05 Å². The third-order valence-electron chi connectivity index (χ3n) is 3.41. The van der Waals surface area contributed by atoms with Crippen LogP contribution in [0.2, 0.25) is 5.02 Å². The highest BCUT2D eigenvalue weighted by Crippen LogP contribution is 2.30. The highest BCUT2D eigenvalue weighted by Gasteiger charge is 2.36. The summed E-state index contributed by atoms with van der Waals surface area (Å²) in [5, 5.41) is 12.1. The van der Waals surface area contributed by atoms with Crippen molar-refractivity contribution in [3.05, 3.63) is 28.8 Å². The van der Waals surface area contributed by atoms with Crippen LogP contribution in [0.4, 0.5) is 0 Å². The Hall–Kier alpha value is -1.13. The molecule has 1 aliphatic heterocycles. The number of nitriles is 1.